The third-order valence-corrected chi connectivity index (χ3v) is 4.39. The van der Waals surface area contributed by atoms with Crippen LogP contribution in [0.2, 0.25) is 0 Å². The van der Waals surface area contributed by atoms with Crippen LogP contribution >= 0.6 is 0 Å². The molecule has 0 amide bonds. The minimum Gasteiger partial charge on any atom is -0.392 e. The molecule has 0 saturated heterocycles. The third-order valence-electron chi connectivity index (χ3n) is 2.57. The lowest BCUT2D eigenvalue weighted by Gasteiger charge is -2.11. The highest BCUT2D eigenvalue weighted by molar-refractivity contribution is 7.91. The Balaban J connectivity index is 2.91. The number of benzene rings is 1. The smallest absolute Gasteiger partial charge is 0.392 e. The summed E-state index contributed by atoms with van der Waals surface area (Å²) >= 11 is 0. The fourth-order valence-corrected chi connectivity index (χ4v) is 3.03. The number of hydrogen-bond acceptors (Lipinski definition) is 3. The van der Waals surface area contributed by atoms with Gasteiger partial charge >= 0.3 is 6.18 Å². The van der Waals surface area contributed by atoms with Crippen molar-refractivity contribution in [2.75, 3.05) is 5.75 Å². The zero-order valence-corrected chi connectivity index (χ0v) is 11.1. The van der Waals surface area contributed by atoms with Crippen molar-refractivity contribution < 1.29 is 26.7 Å². The van der Waals surface area contributed by atoms with Gasteiger partial charge in [-0.3, -0.25) is 0 Å². The molecule has 0 saturated carbocycles. The molecule has 0 spiro atoms. The minimum atomic E-state index is -4.50. The number of rotatable bonds is 5. The van der Waals surface area contributed by atoms with Gasteiger partial charge in [0.2, 0.25) is 0 Å². The van der Waals surface area contributed by atoms with Gasteiger partial charge in [0.15, 0.2) is 9.84 Å². The highest BCUT2D eigenvalue weighted by Crippen LogP contribution is 2.29. The van der Waals surface area contributed by atoms with Crippen LogP contribution < -0.4 is 0 Å². The molecule has 0 aromatic heterocycles. The standard InChI is InChI=1S/C12H15F3O3S/c1-2-3-10(16)8-19(17,18)11-6-4-9(5-7-11)12(13,14)15/h4-7,10,16H,2-3,8H2,1H3. The second-order valence-corrected chi connectivity index (χ2v) is 6.28. The topological polar surface area (TPSA) is 54.4 Å². The van der Waals surface area contributed by atoms with Gasteiger partial charge in [0, 0.05) is 0 Å². The zero-order valence-electron chi connectivity index (χ0n) is 10.3. The Hall–Kier alpha value is -1.08. The quantitative estimate of drug-likeness (QED) is 0.909. The molecule has 7 heteroatoms. The summed E-state index contributed by atoms with van der Waals surface area (Å²) in [5.74, 6) is -0.480. The van der Waals surface area contributed by atoms with E-state index in [0.717, 1.165) is 24.3 Å². The maximum absolute atomic E-state index is 12.3. The molecule has 1 aromatic carbocycles. The Morgan fingerprint density at radius 1 is 1.21 bits per heavy atom. The van der Waals surface area contributed by atoms with Crippen LogP contribution in [0.5, 0.6) is 0 Å². The van der Waals surface area contributed by atoms with Gasteiger partial charge < -0.3 is 5.11 Å². The summed E-state index contributed by atoms with van der Waals surface area (Å²) in [5, 5.41) is 9.47. The molecule has 1 rings (SSSR count). The first-order valence-corrected chi connectivity index (χ1v) is 7.40. The van der Waals surface area contributed by atoms with E-state index in [0.29, 0.717) is 12.8 Å². The lowest BCUT2D eigenvalue weighted by atomic mass is 10.2. The molecule has 1 atom stereocenters. The predicted molar refractivity (Wildman–Crippen MR) is 64.4 cm³/mol. The lowest BCUT2D eigenvalue weighted by Crippen LogP contribution is -2.20. The van der Waals surface area contributed by atoms with E-state index in [4.69, 9.17) is 0 Å². The molecule has 0 aliphatic carbocycles. The third kappa shape index (κ3) is 4.50. The average Bonchev–Trinajstić information content (AvgIpc) is 2.27. The van der Waals surface area contributed by atoms with Gasteiger partial charge in [-0.15, -0.1) is 0 Å². The van der Waals surface area contributed by atoms with Crippen molar-refractivity contribution in [2.24, 2.45) is 0 Å². The molecule has 1 N–H and O–H groups in total. The van der Waals surface area contributed by atoms with E-state index in [-0.39, 0.29) is 4.90 Å². The molecule has 0 aliphatic rings. The minimum absolute atomic E-state index is 0.212. The van der Waals surface area contributed by atoms with Gasteiger partial charge in [-0.2, -0.15) is 13.2 Å². The molecular formula is C12H15F3O3S. The van der Waals surface area contributed by atoms with E-state index in [1.807, 2.05) is 0 Å². The Morgan fingerprint density at radius 3 is 2.16 bits per heavy atom. The molecule has 3 nitrogen and oxygen atoms in total. The largest absolute Gasteiger partial charge is 0.416 e. The monoisotopic (exact) mass is 296 g/mol. The summed E-state index contributed by atoms with van der Waals surface area (Å²) in [4.78, 5) is -0.212. The molecular weight excluding hydrogens is 281 g/mol. The fraction of sp³-hybridized carbons (Fsp3) is 0.500. The first-order chi connectivity index (χ1) is 8.66. The second-order valence-electron chi connectivity index (χ2n) is 4.25. The van der Waals surface area contributed by atoms with Crippen molar-refractivity contribution in [2.45, 2.75) is 36.9 Å². The second kappa shape index (κ2) is 5.92. The average molecular weight is 296 g/mol. The Morgan fingerprint density at radius 2 is 1.74 bits per heavy atom. The number of aliphatic hydroxyl groups excluding tert-OH is 1. The molecule has 108 valence electrons. The van der Waals surface area contributed by atoms with Crippen molar-refractivity contribution in [3.05, 3.63) is 29.8 Å². The Bertz CT molecular complexity index is 506. The van der Waals surface area contributed by atoms with Crippen LogP contribution in [0, 0.1) is 0 Å². The molecule has 0 fully saturated rings. The van der Waals surface area contributed by atoms with Crippen LogP contribution in [0.1, 0.15) is 25.3 Å². The van der Waals surface area contributed by atoms with Gasteiger partial charge in [-0.25, -0.2) is 8.42 Å². The van der Waals surface area contributed by atoms with E-state index in [1.165, 1.54) is 0 Å². The van der Waals surface area contributed by atoms with E-state index in [9.17, 15) is 26.7 Å². The summed E-state index contributed by atoms with van der Waals surface area (Å²) in [6, 6.07) is 3.27. The van der Waals surface area contributed by atoms with E-state index < -0.39 is 33.4 Å². The maximum Gasteiger partial charge on any atom is 0.416 e. The van der Waals surface area contributed by atoms with Gasteiger partial charge in [0.05, 0.1) is 22.3 Å². The van der Waals surface area contributed by atoms with Crippen molar-refractivity contribution >= 4 is 9.84 Å². The molecule has 0 radical (unpaired) electrons. The van der Waals surface area contributed by atoms with E-state index >= 15 is 0 Å². The first kappa shape index (κ1) is 16.0. The van der Waals surface area contributed by atoms with Crippen molar-refractivity contribution in [1.82, 2.24) is 0 Å². The van der Waals surface area contributed by atoms with Gasteiger partial charge in [0.1, 0.15) is 0 Å². The molecule has 1 aromatic rings. The fourth-order valence-electron chi connectivity index (χ4n) is 1.62. The normalized spacial score (nSPS) is 14.4. The highest BCUT2D eigenvalue weighted by atomic mass is 32.2. The Kier molecular flexibility index (Phi) is 4.98. The summed E-state index contributed by atoms with van der Waals surface area (Å²) in [5.41, 5.74) is -0.902. The lowest BCUT2D eigenvalue weighted by molar-refractivity contribution is -0.137. The number of sulfone groups is 1. The van der Waals surface area contributed by atoms with Gasteiger partial charge in [-0.05, 0) is 30.7 Å². The molecule has 0 heterocycles. The molecule has 0 bridgehead atoms. The van der Waals surface area contributed by atoms with Crippen LogP contribution in [0.15, 0.2) is 29.2 Å². The SMILES string of the molecule is CCCC(O)CS(=O)(=O)c1ccc(C(F)(F)F)cc1. The number of alkyl halides is 3. The number of aliphatic hydroxyl groups is 1. The summed E-state index contributed by atoms with van der Waals surface area (Å²) in [6.45, 7) is 1.80. The predicted octanol–water partition coefficient (Wildman–Crippen LogP) is 2.64. The van der Waals surface area contributed by atoms with Crippen molar-refractivity contribution in [3.8, 4) is 0 Å². The maximum atomic E-state index is 12.3. The molecule has 0 aliphatic heterocycles. The summed E-state index contributed by atoms with van der Waals surface area (Å²) < 4.78 is 60.7. The van der Waals surface area contributed by atoms with Gasteiger partial charge in [0.25, 0.3) is 0 Å². The van der Waals surface area contributed by atoms with E-state index in [2.05, 4.69) is 0 Å². The number of hydrogen-bond donors (Lipinski definition) is 1. The Labute approximate surface area is 110 Å². The van der Waals surface area contributed by atoms with E-state index in [1.54, 1.807) is 6.92 Å². The van der Waals surface area contributed by atoms with Crippen LogP contribution in [-0.2, 0) is 16.0 Å². The highest BCUT2D eigenvalue weighted by Gasteiger charge is 2.30. The first-order valence-electron chi connectivity index (χ1n) is 5.75. The van der Waals surface area contributed by atoms with Gasteiger partial charge in [-0.1, -0.05) is 13.3 Å². The van der Waals surface area contributed by atoms with Crippen LogP contribution in [-0.4, -0.2) is 25.4 Å². The van der Waals surface area contributed by atoms with Crippen molar-refractivity contribution in [3.63, 3.8) is 0 Å². The van der Waals surface area contributed by atoms with Crippen LogP contribution in [0.25, 0.3) is 0 Å². The molecule has 1 unspecified atom stereocenters. The zero-order chi connectivity index (χ0) is 14.7. The number of halogens is 3. The molecule has 19 heavy (non-hydrogen) atoms. The van der Waals surface area contributed by atoms with Crippen molar-refractivity contribution in [1.29, 1.82) is 0 Å². The summed E-state index contributed by atoms with van der Waals surface area (Å²) in [6.07, 6.45) is -4.54. The van der Waals surface area contributed by atoms with Crippen LogP contribution in [0.4, 0.5) is 13.2 Å². The van der Waals surface area contributed by atoms with Crippen LogP contribution in [0.3, 0.4) is 0 Å². The summed E-state index contributed by atoms with van der Waals surface area (Å²) in [7, 11) is -3.76.